The number of hydrogen-bond acceptors (Lipinski definition) is 8. The van der Waals surface area contributed by atoms with Crippen molar-refractivity contribution in [3.8, 4) is 0 Å². The quantitative estimate of drug-likeness (QED) is 0.125. The number of H-pyrrole nitrogens is 1. The molecular weight excluding hydrogens is 426 g/mol. The van der Waals surface area contributed by atoms with Crippen molar-refractivity contribution in [2.24, 2.45) is 11.5 Å². The molecule has 1 aromatic heterocycles. The van der Waals surface area contributed by atoms with Crippen LogP contribution in [0, 0.1) is 0 Å². The van der Waals surface area contributed by atoms with Crippen molar-refractivity contribution in [2.45, 2.75) is 50.2 Å². The number of nitrogens with zero attached hydrogens (tertiary/aromatic N) is 1. The molecule has 1 heterocycles. The molecule has 0 bridgehead atoms. The molecule has 1 aromatic rings. The van der Waals surface area contributed by atoms with Gasteiger partial charge in [0.05, 0.1) is 19.3 Å². The van der Waals surface area contributed by atoms with Gasteiger partial charge in [-0.3, -0.25) is 19.2 Å². The number of aromatic nitrogens is 2. The Morgan fingerprint density at radius 3 is 2.16 bits per heavy atom. The second-order valence-electron chi connectivity index (χ2n) is 6.95. The smallest absolute Gasteiger partial charge is 0.326 e. The highest BCUT2D eigenvalue weighted by molar-refractivity contribution is 5.94. The average Bonchev–Trinajstić information content (AvgIpc) is 3.24. The van der Waals surface area contributed by atoms with Crippen molar-refractivity contribution in [3.63, 3.8) is 0 Å². The highest BCUT2D eigenvalue weighted by atomic mass is 16.4. The molecule has 0 fully saturated rings. The minimum absolute atomic E-state index is 0.0332. The Kier molecular flexibility index (Phi) is 11.4. The van der Waals surface area contributed by atoms with E-state index in [1.807, 2.05) is 0 Å². The first-order valence-electron chi connectivity index (χ1n) is 9.90. The maximum atomic E-state index is 12.8. The van der Waals surface area contributed by atoms with E-state index in [1.165, 1.54) is 12.5 Å². The van der Waals surface area contributed by atoms with Crippen LogP contribution in [-0.2, 0) is 30.4 Å². The van der Waals surface area contributed by atoms with E-state index in [0.717, 1.165) is 0 Å². The van der Waals surface area contributed by atoms with E-state index in [4.69, 9.17) is 21.7 Å². The minimum atomic E-state index is -1.67. The van der Waals surface area contributed by atoms with Crippen LogP contribution in [0.25, 0.3) is 0 Å². The van der Waals surface area contributed by atoms with E-state index in [2.05, 4.69) is 25.9 Å². The summed E-state index contributed by atoms with van der Waals surface area (Å²) in [4.78, 5) is 66.0. The molecule has 3 atom stereocenters. The van der Waals surface area contributed by atoms with Crippen LogP contribution >= 0.6 is 0 Å². The third kappa shape index (κ3) is 9.53. The Morgan fingerprint density at radius 2 is 1.62 bits per heavy atom. The van der Waals surface area contributed by atoms with Crippen LogP contribution in [0.3, 0.4) is 0 Å². The van der Waals surface area contributed by atoms with E-state index < -0.39 is 54.2 Å². The summed E-state index contributed by atoms with van der Waals surface area (Å²) in [5, 5.41) is 25.1. The number of carboxylic acids is 2. The number of amides is 3. The van der Waals surface area contributed by atoms with Gasteiger partial charge in [0.2, 0.25) is 17.7 Å². The lowest BCUT2D eigenvalue weighted by atomic mass is 10.1. The number of hydrogen-bond donors (Lipinski definition) is 8. The van der Waals surface area contributed by atoms with Crippen molar-refractivity contribution in [3.05, 3.63) is 18.2 Å². The summed E-state index contributed by atoms with van der Waals surface area (Å²) in [6.07, 6.45) is 3.15. The topological polar surface area (TPSA) is 243 Å². The summed E-state index contributed by atoms with van der Waals surface area (Å²) in [5.41, 5.74) is 11.3. The lowest BCUT2D eigenvalue weighted by Gasteiger charge is -2.24. The fraction of sp³-hybridized carbons (Fsp3) is 0.556. The maximum absolute atomic E-state index is 12.8. The van der Waals surface area contributed by atoms with Crippen LogP contribution in [0.2, 0.25) is 0 Å². The zero-order valence-electron chi connectivity index (χ0n) is 17.4. The summed E-state index contributed by atoms with van der Waals surface area (Å²) in [5.74, 6) is -5.11. The Hall–Kier alpha value is -3.52. The number of carbonyl (C=O) groups is 5. The van der Waals surface area contributed by atoms with Crippen LogP contribution in [0.15, 0.2) is 12.5 Å². The highest BCUT2D eigenvalue weighted by Gasteiger charge is 2.30. The molecule has 0 spiro atoms. The molecule has 3 amide bonds. The van der Waals surface area contributed by atoms with E-state index in [0.29, 0.717) is 25.1 Å². The molecule has 0 saturated carbocycles. The molecule has 14 nitrogen and oxygen atoms in total. The monoisotopic (exact) mass is 455 g/mol. The van der Waals surface area contributed by atoms with Gasteiger partial charge in [-0.2, -0.15) is 0 Å². The summed E-state index contributed by atoms with van der Waals surface area (Å²) < 4.78 is 0. The molecule has 1 rings (SSSR count). The predicted octanol–water partition coefficient (Wildman–Crippen LogP) is -2.95. The Bertz CT molecular complexity index is 785. The molecule has 0 aliphatic carbocycles. The summed E-state index contributed by atoms with van der Waals surface area (Å²) in [6.45, 7) is -0.0172. The molecule has 14 heteroatoms. The third-order valence-electron chi connectivity index (χ3n) is 4.39. The van der Waals surface area contributed by atoms with Gasteiger partial charge in [0.1, 0.15) is 18.1 Å². The third-order valence-corrected chi connectivity index (χ3v) is 4.39. The maximum Gasteiger partial charge on any atom is 0.326 e. The molecule has 0 saturated heterocycles. The predicted molar refractivity (Wildman–Crippen MR) is 110 cm³/mol. The van der Waals surface area contributed by atoms with Gasteiger partial charge in [-0.25, -0.2) is 9.78 Å². The molecule has 10 N–H and O–H groups in total. The van der Waals surface area contributed by atoms with E-state index in [9.17, 15) is 24.0 Å². The highest BCUT2D eigenvalue weighted by Crippen LogP contribution is 2.05. The number of aliphatic carboxylic acids is 2. The van der Waals surface area contributed by atoms with Gasteiger partial charge in [-0.15, -0.1) is 0 Å². The molecule has 0 aliphatic heterocycles. The van der Waals surface area contributed by atoms with E-state index in [-0.39, 0.29) is 19.4 Å². The SMILES string of the molecule is NCCCCC(NC(=O)C(Cc1cnc[nH]1)NC(=O)CN)C(=O)NC(CC(=O)O)C(=O)O. The van der Waals surface area contributed by atoms with E-state index in [1.54, 1.807) is 0 Å². The zero-order chi connectivity index (χ0) is 24.1. The Balaban J connectivity index is 2.97. The van der Waals surface area contributed by atoms with Crippen molar-refractivity contribution >= 4 is 29.7 Å². The number of rotatable bonds is 15. The van der Waals surface area contributed by atoms with Gasteiger partial charge in [0, 0.05) is 18.3 Å². The van der Waals surface area contributed by atoms with Gasteiger partial charge in [-0.1, -0.05) is 0 Å². The van der Waals surface area contributed by atoms with Crippen molar-refractivity contribution < 1.29 is 34.2 Å². The summed E-state index contributed by atoms with van der Waals surface area (Å²) in [6, 6.07) is -3.94. The van der Waals surface area contributed by atoms with Crippen LogP contribution in [0.1, 0.15) is 31.4 Å². The lowest BCUT2D eigenvalue weighted by molar-refractivity contribution is -0.147. The number of carbonyl (C=O) groups excluding carboxylic acids is 3. The molecule has 178 valence electrons. The molecular formula is C18H29N7O7. The number of nitrogens with one attached hydrogen (secondary N) is 4. The van der Waals surface area contributed by atoms with Crippen LogP contribution in [0.4, 0.5) is 0 Å². The second-order valence-corrected chi connectivity index (χ2v) is 6.95. The molecule has 0 aliphatic rings. The number of imidazole rings is 1. The molecule has 3 unspecified atom stereocenters. The lowest BCUT2D eigenvalue weighted by Crippen LogP contribution is -2.56. The number of aromatic amines is 1. The van der Waals surface area contributed by atoms with Gasteiger partial charge < -0.3 is 42.6 Å². The number of unbranched alkanes of at least 4 members (excludes halogenated alkanes) is 1. The van der Waals surface area contributed by atoms with Crippen LogP contribution in [-0.4, -0.2) is 81.1 Å². The van der Waals surface area contributed by atoms with E-state index >= 15 is 0 Å². The Morgan fingerprint density at radius 1 is 0.969 bits per heavy atom. The van der Waals surface area contributed by atoms with Crippen molar-refractivity contribution in [1.82, 2.24) is 25.9 Å². The summed E-state index contributed by atoms with van der Waals surface area (Å²) >= 11 is 0. The number of nitrogens with two attached hydrogens (primary N) is 2. The summed E-state index contributed by atoms with van der Waals surface area (Å²) in [7, 11) is 0. The fourth-order valence-corrected chi connectivity index (χ4v) is 2.76. The average molecular weight is 455 g/mol. The molecule has 0 radical (unpaired) electrons. The Labute approximate surface area is 183 Å². The van der Waals surface area contributed by atoms with Gasteiger partial charge in [0.25, 0.3) is 0 Å². The minimum Gasteiger partial charge on any atom is -0.481 e. The first kappa shape index (κ1) is 26.5. The van der Waals surface area contributed by atoms with Crippen LogP contribution < -0.4 is 27.4 Å². The van der Waals surface area contributed by atoms with Gasteiger partial charge >= 0.3 is 11.9 Å². The first-order valence-corrected chi connectivity index (χ1v) is 9.90. The number of carboxylic acid groups (broad SMARTS) is 2. The molecule has 0 aromatic carbocycles. The van der Waals surface area contributed by atoms with Crippen molar-refractivity contribution in [1.29, 1.82) is 0 Å². The van der Waals surface area contributed by atoms with Crippen LogP contribution in [0.5, 0.6) is 0 Å². The standard InChI is InChI=1S/C18H29N7O7/c19-4-2-1-3-11(16(29)25-13(18(31)32)6-15(27)28)24-17(30)12(23-14(26)7-20)5-10-8-21-9-22-10/h8-9,11-13H,1-7,19-20H2,(H,21,22)(H,23,26)(H,24,30)(H,25,29)(H,27,28)(H,31,32). The van der Waals surface area contributed by atoms with Gasteiger partial charge in [-0.05, 0) is 25.8 Å². The largest absolute Gasteiger partial charge is 0.481 e. The molecule has 32 heavy (non-hydrogen) atoms. The van der Waals surface area contributed by atoms with Gasteiger partial charge in [0.15, 0.2) is 0 Å². The fourth-order valence-electron chi connectivity index (χ4n) is 2.76. The first-order chi connectivity index (χ1) is 15.2. The zero-order valence-corrected chi connectivity index (χ0v) is 17.4. The second kappa shape index (κ2) is 13.7. The van der Waals surface area contributed by atoms with Crippen molar-refractivity contribution in [2.75, 3.05) is 13.1 Å². The normalized spacial score (nSPS) is 13.4.